The molecule has 2 aliphatic rings. The minimum absolute atomic E-state index is 0.0433. The summed E-state index contributed by atoms with van der Waals surface area (Å²) in [6.07, 6.45) is 9.65. The highest BCUT2D eigenvalue weighted by atomic mass is 32.2. The van der Waals surface area contributed by atoms with Crippen molar-refractivity contribution in [1.29, 1.82) is 0 Å². The fraction of sp³-hybridized carbons (Fsp3) is 0.385. The van der Waals surface area contributed by atoms with Gasteiger partial charge in [-0.25, -0.2) is 0 Å². The Hall–Kier alpha value is -2.57. The number of nitrogens with one attached hydrogen (secondary N) is 3. The fourth-order valence-corrected chi connectivity index (χ4v) is 5.41. The van der Waals surface area contributed by atoms with Crippen molar-refractivity contribution >= 4 is 35.3 Å². The molecule has 5 nitrogen and oxygen atoms in total. The summed E-state index contributed by atoms with van der Waals surface area (Å²) in [5.41, 5.74) is 2.39. The van der Waals surface area contributed by atoms with E-state index in [2.05, 4.69) is 17.7 Å². The predicted octanol–water partition coefficient (Wildman–Crippen LogP) is 3.74. The molecule has 1 saturated carbocycles. The topological polar surface area (TPSA) is 62.6 Å². The van der Waals surface area contributed by atoms with Crippen LogP contribution in [0.1, 0.15) is 54.4 Å². The summed E-state index contributed by atoms with van der Waals surface area (Å²) in [6, 6.07) is 16.0. The minimum atomic E-state index is -0.101. The van der Waals surface area contributed by atoms with Crippen molar-refractivity contribution < 1.29 is 14.5 Å². The number of quaternary nitrogens is 1. The largest absolute Gasteiger partial charge is 0.352 e. The number of hydrogen-bond acceptors (Lipinski definition) is 3. The summed E-state index contributed by atoms with van der Waals surface area (Å²) in [4.78, 5) is 28.1. The number of benzene rings is 2. The summed E-state index contributed by atoms with van der Waals surface area (Å²) in [5.74, 6) is -0.144. The van der Waals surface area contributed by atoms with Gasteiger partial charge >= 0.3 is 0 Å². The van der Waals surface area contributed by atoms with Gasteiger partial charge in [-0.05, 0) is 61.6 Å². The number of rotatable bonds is 7. The molecule has 1 fully saturated rings. The van der Waals surface area contributed by atoms with Crippen LogP contribution in [0, 0.1) is 0 Å². The number of anilines is 1. The molecule has 1 aliphatic carbocycles. The summed E-state index contributed by atoms with van der Waals surface area (Å²) >= 11 is 1.46. The molecule has 2 aromatic rings. The van der Waals surface area contributed by atoms with Crippen LogP contribution in [-0.2, 0) is 4.79 Å². The molecule has 1 aliphatic heterocycles. The number of amides is 2. The van der Waals surface area contributed by atoms with E-state index in [1.165, 1.54) is 43.9 Å². The first-order valence-corrected chi connectivity index (χ1v) is 12.4. The van der Waals surface area contributed by atoms with Crippen LogP contribution in [0.5, 0.6) is 0 Å². The zero-order valence-corrected chi connectivity index (χ0v) is 19.5. The molecule has 0 saturated heterocycles. The zero-order valence-electron chi connectivity index (χ0n) is 18.7. The van der Waals surface area contributed by atoms with E-state index in [4.69, 9.17) is 0 Å². The summed E-state index contributed by atoms with van der Waals surface area (Å²) in [6.45, 7) is 1.80. The van der Waals surface area contributed by atoms with Crippen molar-refractivity contribution in [2.75, 3.05) is 25.5 Å². The first-order valence-electron chi connectivity index (χ1n) is 11.6. The molecule has 0 radical (unpaired) electrons. The van der Waals surface area contributed by atoms with Gasteiger partial charge in [-0.3, -0.25) is 9.59 Å². The second-order valence-corrected chi connectivity index (χ2v) is 9.81. The molecule has 2 amide bonds. The highest BCUT2D eigenvalue weighted by Gasteiger charge is 2.21. The molecule has 3 N–H and O–H groups in total. The Morgan fingerprint density at radius 1 is 1.12 bits per heavy atom. The van der Waals surface area contributed by atoms with Gasteiger partial charge in [-0.15, -0.1) is 0 Å². The average Bonchev–Trinajstić information content (AvgIpc) is 2.83. The summed E-state index contributed by atoms with van der Waals surface area (Å²) in [5, 5.41) is 5.96. The van der Waals surface area contributed by atoms with E-state index < -0.39 is 0 Å². The maximum absolute atomic E-state index is 12.5. The molecule has 2 aromatic carbocycles. The summed E-state index contributed by atoms with van der Waals surface area (Å²) in [7, 11) is 2.29. The van der Waals surface area contributed by atoms with Crippen molar-refractivity contribution in [2.45, 2.75) is 49.5 Å². The Labute approximate surface area is 194 Å². The van der Waals surface area contributed by atoms with Crippen molar-refractivity contribution in [3.05, 3.63) is 64.6 Å². The smallest absolute Gasteiger partial charge is 0.262 e. The Morgan fingerprint density at radius 2 is 1.88 bits per heavy atom. The van der Waals surface area contributed by atoms with Gasteiger partial charge in [0.05, 0.1) is 30.2 Å². The lowest BCUT2D eigenvalue weighted by molar-refractivity contribution is -0.907. The third kappa shape index (κ3) is 5.81. The number of hydrogen-bond donors (Lipinski definition) is 3. The maximum Gasteiger partial charge on any atom is 0.262 e. The molecule has 1 heterocycles. The molecule has 0 bridgehead atoms. The first-order chi connectivity index (χ1) is 15.6. The third-order valence-electron chi connectivity index (χ3n) is 6.39. The standard InChI is InChI=1S/C26H31N3O2S/c1-29(21-8-3-2-4-9-21)17-7-16-27-25(30)20-14-12-19(13-15-20)18-24-26(31)28-22-10-5-6-11-23(22)32-24/h5-6,10-15,18,21H,2-4,7-9,16-17H2,1H3,(H,27,30)(H,28,31)/p+1. The lowest BCUT2D eigenvalue weighted by Crippen LogP contribution is -3.13. The second kappa shape index (κ2) is 10.8. The van der Waals surface area contributed by atoms with Crippen LogP contribution in [0.25, 0.3) is 6.08 Å². The minimum Gasteiger partial charge on any atom is -0.352 e. The van der Waals surface area contributed by atoms with Gasteiger partial charge in [0.2, 0.25) is 0 Å². The quantitative estimate of drug-likeness (QED) is 0.445. The normalized spacial score (nSPS) is 18.7. The number of carbonyl (C=O) groups is 2. The van der Waals surface area contributed by atoms with Crippen LogP contribution in [0.15, 0.2) is 58.3 Å². The van der Waals surface area contributed by atoms with Gasteiger partial charge in [0.1, 0.15) is 0 Å². The zero-order chi connectivity index (χ0) is 22.3. The molecule has 0 aromatic heterocycles. The van der Waals surface area contributed by atoms with E-state index in [1.807, 2.05) is 54.6 Å². The number of para-hydroxylation sites is 1. The van der Waals surface area contributed by atoms with Crippen molar-refractivity contribution in [1.82, 2.24) is 5.32 Å². The first kappa shape index (κ1) is 22.6. The van der Waals surface area contributed by atoms with Gasteiger partial charge in [-0.1, -0.05) is 42.4 Å². The predicted molar refractivity (Wildman–Crippen MR) is 131 cm³/mol. The van der Waals surface area contributed by atoms with Gasteiger partial charge in [0.15, 0.2) is 0 Å². The van der Waals surface area contributed by atoms with Gasteiger partial charge < -0.3 is 15.5 Å². The van der Waals surface area contributed by atoms with Crippen molar-refractivity contribution in [2.24, 2.45) is 0 Å². The Balaban J connectivity index is 1.26. The van der Waals surface area contributed by atoms with Crippen LogP contribution >= 0.6 is 11.8 Å². The van der Waals surface area contributed by atoms with Crippen LogP contribution in [0.3, 0.4) is 0 Å². The van der Waals surface area contributed by atoms with Gasteiger partial charge in [0.25, 0.3) is 11.8 Å². The number of thioether (sulfide) groups is 1. The van der Waals surface area contributed by atoms with Crippen molar-refractivity contribution in [3.8, 4) is 0 Å². The molecule has 32 heavy (non-hydrogen) atoms. The van der Waals surface area contributed by atoms with Crippen LogP contribution in [0.2, 0.25) is 0 Å². The monoisotopic (exact) mass is 450 g/mol. The molecule has 1 unspecified atom stereocenters. The molecular formula is C26H32N3O2S+. The van der Waals surface area contributed by atoms with Crippen LogP contribution in [0.4, 0.5) is 5.69 Å². The van der Waals surface area contributed by atoms with E-state index in [0.717, 1.165) is 35.2 Å². The van der Waals surface area contributed by atoms with E-state index in [9.17, 15) is 9.59 Å². The Morgan fingerprint density at radius 3 is 2.66 bits per heavy atom. The van der Waals surface area contributed by atoms with E-state index >= 15 is 0 Å². The molecular weight excluding hydrogens is 418 g/mol. The lowest BCUT2D eigenvalue weighted by Gasteiger charge is -2.28. The van der Waals surface area contributed by atoms with Crippen molar-refractivity contribution in [3.63, 3.8) is 0 Å². The van der Waals surface area contributed by atoms with E-state index in [1.54, 1.807) is 4.90 Å². The summed E-state index contributed by atoms with van der Waals surface area (Å²) < 4.78 is 0. The number of carbonyl (C=O) groups excluding carboxylic acids is 2. The van der Waals surface area contributed by atoms with E-state index in [0.29, 0.717) is 17.0 Å². The Kier molecular flexibility index (Phi) is 7.66. The maximum atomic E-state index is 12.5. The molecule has 6 heteroatoms. The third-order valence-corrected chi connectivity index (χ3v) is 7.48. The van der Waals surface area contributed by atoms with Crippen LogP contribution < -0.4 is 15.5 Å². The molecule has 1 atom stereocenters. The van der Waals surface area contributed by atoms with E-state index in [-0.39, 0.29) is 11.8 Å². The number of fused-ring (bicyclic) bond motifs is 1. The SMILES string of the molecule is C[NH+](CCCNC(=O)c1ccc(C=C2Sc3ccccc3NC2=O)cc1)C1CCCCC1. The van der Waals surface area contributed by atoms with Gasteiger partial charge in [-0.2, -0.15) is 0 Å². The molecule has 168 valence electrons. The average molecular weight is 451 g/mol. The molecule has 4 rings (SSSR count). The van der Waals surface area contributed by atoms with Crippen LogP contribution in [-0.4, -0.2) is 38.0 Å². The fourth-order valence-electron chi connectivity index (χ4n) is 4.46. The highest BCUT2D eigenvalue weighted by Crippen LogP contribution is 2.38. The lowest BCUT2D eigenvalue weighted by atomic mass is 9.94. The van der Waals surface area contributed by atoms with Gasteiger partial charge in [0, 0.05) is 23.4 Å². The highest BCUT2D eigenvalue weighted by molar-refractivity contribution is 8.04. The Bertz CT molecular complexity index is 981. The molecule has 0 spiro atoms. The second-order valence-electron chi connectivity index (χ2n) is 8.72.